The molecule has 1 aliphatic heterocycles. The van der Waals surface area contributed by atoms with E-state index in [4.69, 9.17) is 23.8 Å². The van der Waals surface area contributed by atoms with Gasteiger partial charge in [0.05, 0.1) is 28.5 Å². The molecular formula is C28H27ClN4S. The van der Waals surface area contributed by atoms with Crippen molar-refractivity contribution in [2.24, 2.45) is 0 Å². The third kappa shape index (κ3) is 3.89. The summed E-state index contributed by atoms with van der Waals surface area (Å²) in [4.78, 5) is 6.93. The number of anilines is 1. The van der Waals surface area contributed by atoms with E-state index in [1.807, 2.05) is 36.5 Å². The van der Waals surface area contributed by atoms with Gasteiger partial charge in [-0.05, 0) is 99.1 Å². The van der Waals surface area contributed by atoms with Crippen LogP contribution < -0.4 is 10.2 Å². The summed E-state index contributed by atoms with van der Waals surface area (Å²) < 4.78 is 2.23. The Balaban J connectivity index is 1.71. The van der Waals surface area contributed by atoms with Crippen molar-refractivity contribution in [2.75, 3.05) is 4.90 Å². The molecule has 0 amide bonds. The fourth-order valence-electron chi connectivity index (χ4n) is 5.13. The van der Waals surface area contributed by atoms with Crippen molar-refractivity contribution < 1.29 is 0 Å². The van der Waals surface area contributed by atoms with Crippen LogP contribution in [0.25, 0.3) is 5.69 Å². The third-order valence-corrected chi connectivity index (χ3v) is 7.10. The molecule has 0 unspecified atom stereocenters. The summed E-state index contributed by atoms with van der Waals surface area (Å²) in [5, 5.41) is 5.00. The van der Waals surface area contributed by atoms with Crippen LogP contribution >= 0.6 is 23.8 Å². The van der Waals surface area contributed by atoms with Gasteiger partial charge in [0.25, 0.3) is 0 Å². The zero-order valence-corrected chi connectivity index (χ0v) is 21.3. The van der Waals surface area contributed by atoms with E-state index in [-0.39, 0.29) is 12.1 Å². The zero-order valence-electron chi connectivity index (χ0n) is 19.7. The number of pyridine rings is 1. The summed E-state index contributed by atoms with van der Waals surface area (Å²) in [7, 11) is 0. The first-order chi connectivity index (χ1) is 16.3. The Bertz CT molecular complexity index is 1360. The Labute approximate surface area is 211 Å². The van der Waals surface area contributed by atoms with Gasteiger partial charge in [-0.25, -0.2) is 0 Å². The Morgan fingerprint density at radius 1 is 0.912 bits per heavy atom. The average molecular weight is 487 g/mol. The Kier molecular flexibility index (Phi) is 5.92. The summed E-state index contributed by atoms with van der Waals surface area (Å²) in [6, 6.07) is 22.7. The number of rotatable bonds is 4. The molecule has 1 aliphatic rings. The Morgan fingerprint density at radius 3 is 2.29 bits per heavy atom. The van der Waals surface area contributed by atoms with Gasteiger partial charge in [-0.15, -0.1) is 0 Å². The minimum atomic E-state index is -0.0882. The SMILES string of the molecule is Cc1cc(C)cc(N2C(=S)N[C@H](c3ccccn3)[C@H]2c2cc(C)n(-c3ccccc3Cl)c2C)c1. The summed E-state index contributed by atoms with van der Waals surface area (Å²) >= 11 is 12.5. The van der Waals surface area contributed by atoms with Gasteiger partial charge >= 0.3 is 0 Å². The molecule has 0 spiro atoms. The Morgan fingerprint density at radius 2 is 1.62 bits per heavy atom. The number of para-hydroxylation sites is 1. The number of nitrogens with zero attached hydrogens (tertiary/aromatic N) is 3. The molecule has 5 rings (SSSR count). The highest BCUT2D eigenvalue weighted by Crippen LogP contribution is 2.44. The van der Waals surface area contributed by atoms with E-state index in [1.54, 1.807) is 0 Å². The van der Waals surface area contributed by atoms with E-state index in [0.29, 0.717) is 5.11 Å². The van der Waals surface area contributed by atoms with Crippen LogP contribution in [0.3, 0.4) is 0 Å². The molecule has 6 heteroatoms. The lowest BCUT2D eigenvalue weighted by molar-refractivity contribution is 0.565. The number of thiocarbonyl (C=S) groups is 1. The smallest absolute Gasteiger partial charge is 0.174 e. The van der Waals surface area contributed by atoms with Crippen molar-refractivity contribution >= 4 is 34.6 Å². The molecule has 3 heterocycles. The molecule has 2 atom stereocenters. The van der Waals surface area contributed by atoms with Crippen molar-refractivity contribution in [1.29, 1.82) is 0 Å². The van der Waals surface area contributed by atoms with Crippen LogP contribution in [-0.2, 0) is 0 Å². The number of aromatic nitrogens is 2. The lowest BCUT2D eigenvalue weighted by atomic mass is 9.96. The molecule has 4 aromatic rings. The number of aryl methyl sites for hydroxylation is 3. The monoisotopic (exact) mass is 486 g/mol. The molecule has 0 saturated carbocycles. The molecule has 1 N–H and O–H groups in total. The Hall–Kier alpha value is -3.15. The first-order valence-electron chi connectivity index (χ1n) is 11.4. The standard InChI is InChI=1S/C28H27ClN4S/c1-17-13-18(2)15-21(14-17)33-27(26(31-28(33)34)24-10-7-8-12-30-24)22-16-19(3)32(20(22)4)25-11-6-5-9-23(25)29/h5-16,26-27H,1-4H3,(H,31,34)/t26-,27-/m1/s1. The van der Waals surface area contributed by atoms with E-state index in [2.05, 4.69) is 83.9 Å². The molecular weight excluding hydrogens is 460 g/mol. The second-order valence-electron chi connectivity index (χ2n) is 8.96. The summed E-state index contributed by atoms with van der Waals surface area (Å²) in [5.41, 5.74) is 8.89. The van der Waals surface area contributed by atoms with Crippen LogP contribution in [0.5, 0.6) is 0 Å². The van der Waals surface area contributed by atoms with Gasteiger partial charge in [-0.3, -0.25) is 4.98 Å². The fraction of sp³-hybridized carbons (Fsp3) is 0.214. The van der Waals surface area contributed by atoms with E-state index < -0.39 is 0 Å². The minimum Gasteiger partial charge on any atom is -0.351 e. The predicted molar refractivity (Wildman–Crippen MR) is 144 cm³/mol. The minimum absolute atomic E-state index is 0.0639. The first kappa shape index (κ1) is 22.6. The highest BCUT2D eigenvalue weighted by molar-refractivity contribution is 7.80. The van der Waals surface area contributed by atoms with Gasteiger partial charge in [-0.2, -0.15) is 0 Å². The molecule has 1 fully saturated rings. The molecule has 0 bridgehead atoms. The number of benzene rings is 2. The predicted octanol–water partition coefficient (Wildman–Crippen LogP) is 6.94. The van der Waals surface area contributed by atoms with Gasteiger partial charge in [0.1, 0.15) is 0 Å². The van der Waals surface area contributed by atoms with Gasteiger partial charge in [-0.1, -0.05) is 35.9 Å². The number of hydrogen-bond donors (Lipinski definition) is 1. The molecule has 2 aromatic heterocycles. The highest BCUT2D eigenvalue weighted by atomic mass is 35.5. The maximum Gasteiger partial charge on any atom is 0.174 e. The van der Waals surface area contributed by atoms with Crippen molar-refractivity contribution in [1.82, 2.24) is 14.9 Å². The van der Waals surface area contributed by atoms with Crippen molar-refractivity contribution in [3.05, 3.63) is 112 Å². The molecule has 34 heavy (non-hydrogen) atoms. The molecule has 0 aliphatic carbocycles. The van der Waals surface area contributed by atoms with Gasteiger partial charge in [0, 0.05) is 23.3 Å². The van der Waals surface area contributed by atoms with Crippen molar-refractivity contribution in [2.45, 2.75) is 39.8 Å². The van der Waals surface area contributed by atoms with Crippen molar-refractivity contribution in [3.8, 4) is 5.69 Å². The van der Waals surface area contributed by atoms with E-state index >= 15 is 0 Å². The molecule has 2 aromatic carbocycles. The second kappa shape index (κ2) is 8.90. The summed E-state index contributed by atoms with van der Waals surface area (Å²) in [6.07, 6.45) is 1.84. The van der Waals surface area contributed by atoms with Crippen LogP contribution in [0.1, 0.15) is 45.9 Å². The first-order valence-corrected chi connectivity index (χ1v) is 12.2. The lowest BCUT2D eigenvalue weighted by Gasteiger charge is -2.29. The topological polar surface area (TPSA) is 33.1 Å². The molecule has 0 radical (unpaired) electrons. The second-order valence-corrected chi connectivity index (χ2v) is 9.75. The van der Waals surface area contributed by atoms with E-state index in [0.717, 1.165) is 33.5 Å². The highest BCUT2D eigenvalue weighted by Gasteiger charge is 2.42. The quantitative estimate of drug-likeness (QED) is 0.317. The largest absolute Gasteiger partial charge is 0.351 e. The molecule has 172 valence electrons. The third-order valence-electron chi connectivity index (χ3n) is 6.46. The van der Waals surface area contributed by atoms with Crippen LogP contribution in [0.15, 0.2) is 72.9 Å². The van der Waals surface area contributed by atoms with Crippen LogP contribution in [0, 0.1) is 27.7 Å². The van der Waals surface area contributed by atoms with Crippen LogP contribution in [-0.4, -0.2) is 14.7 Å². The average Bonchev–Trinajstić information content (AvgIpc) is 3.29. The number of hydrogen-bond acceptors (Lipinski definition) is 2. The fourth-order valence-corrected chi connectivity index (χ4v) is 5.70. The van der Waals surface area contributed by atoms with E-state index in [9.17, 15) is 0 Å². The maximum atomic E-state index is 6.60. The van der Waals surface area contributed by atoms with Crippen LogP contribution in [0.4, 0.5) is 5.69 Å². The zero-order chi connectivity index (χ0) is 24.0. The maximum absolute atomic E-state index is 6.60. The number of halogens is 1. The lowest BCUT2D eigenvalue weighted by Crippen LogP contribution is -2.29. The molecule has 4 nitrogen and oxygen atoms in total. The van der Waals surface area contributed by atoms with E-state index in [1.165, 1.54) is 16.7 Å². The van der Waals surface area contributed by atoms with Crippen molar-refractivity contribution in [3.63, 3.8) is 0 Å². The molecule has 1 saturated heterocycles. The van der Waals surface area contributed by atoms with Crippen LogP contribution in [0.2, 0.25) is 5.02 Å². The summed E-state index contributed by atoms with van der Waals surface area (Å²) in [6.45, 7) is 8.52. The van der Waals surface area contributed by atoms with Gasteiger partial charge in [0.2, 0.25) is 0 Å². The normalized spacial score (nSPS) is 17.8. The number of nitrogens with one attached hydrogen (secondary N) is 1. The van der Waals surface area contributed by atoms with Gasteiger partial charge in [0.15, 0.2) is 5.11 Å². The summed E-state index contributed by atoms with van der Waals surface area (Å²) in [5.74, 6) is 0. The van der Waals surface area contributed by atoms with Gasteiger partial charge < -0.3 is 14.8 Å².